The first-order valence-electron chi connectivity index (χ1n) is 7.08. The third-order valence-electron chi connectivity index (χ3n) is 3.80. The summed E-state index contributed by atoms with van der Waals surface area (Å²) in [6.07, 6.45) is 8.17. The Morgan fingerprint density at radius 2 is 1.89 bits per heavy atom. The lowest BCUT2D eigenvalue weighted by Gasteiger charge is -2.20. The van der Waals surface area contributed by atoms with E-state index in [0.29, 0.717) is 12.0 Å². The van der Waals surface area contributed by atoms with E-state index in [1.54, 1.807) is 24.3 Å². The van der Waals surface area contributed by atoms with Crippen molar-refractivity contribution >= 4 is 11.6 Å². The van der Waals surface area contributed by atoms with Gasteiger partial charge in [0.15, 0.2) is 0 Å². The quantitative estimate of drug-likeness (QED) is 0.889. The Labute approximate surface area is 114 Å². The normalized spacial score (nSPS) is 15.7. The number of carbonyl (C=O) groups excluding carboxylic acids is 1. The monoisotopic (exact) mass is 256 g/mol. The van der Waals surface area contributed by atoms with Gasteiger partial charge in [0.1, 0.15) is 0 Å². The van der Waals surface area contributed by atoms with Crippen molar-refractivity contribution in [1.82, 2.24) is 0 Å². The molecule has 1 aromatic carbocycles. The standard InChI is InChI=1S/C16H20N2O/c17-12-14-6-9-15(10-7-14)18-16(19)11-8-13-4-2-1-3-5-13/h6-7,9-10,13H,1-5,8,11H2,(H,18,19). The minimum Gasteiger partial charge on any atom is -0.326 e. The smallest absolute Gasteiger partial charge is 0.224 e. The second-order valence-corrected chi connectivity index (χ2v) is 5.28. The molecule has 100 valence electrons. The molecule has 0 atom stereocenters. The van der Waals surface area contributed by atoms with Gasteiger partial charge in [0.05, 0.1) is 11.6 Å². The third kappa shape index (κ3) is 4.40. The van der Waals surface area contributed by atoms with Crippen LogP contribution in [0.15, 0.2) is 24.3 Å². The molecular weight excluding hydrogens is 236 g/mol. The van der Waals surface area contributed by atoms with Gasteiger partial charge >= 0.3 is 0 Å². The number of hydrogen-bond acceptors (Lipinski definition) is 2. The van der Waals surface area contributed by atoms with Crippen molar-refractivity contribution in [3.63, 3.8) is 0 Å². The van der Waals surface area contributed by atoms with E-state index >= 15 is 0 Å². The van der Waals surface area contributed by atoms with Crippen molar-refractivity contribution in [1.29, 1.82) is 5.26 Å². The third-order valence-corrected chi connectivity index (χ3v) is 3.80. The van der Waals surface area contributed by atoms with Gasteiger partial charge in [0.2, 0.25) is 5.91 Å². The molecule has 0 spiro atoms. The Morgan fingerprint density at radius 3 is 2.53 bits per heavy atom. The highest BCUT2D eigenvalue weighted by atomic mass is 16.1. The van der Waals surface area contributed by atoms with Crippen LogP contribution in [0, 0.1) is 17.2 Å². The lowest BCUT2D eigenvalue weighted by atomic mass is 9.86. The lowest BCUT2D eigenvalue weighted by molar-refractivity contribution is -0.116. The number of hydrogen-bond donors (Lipinski definition) is 1. The number of carbonyl (C=O) groups is 1. The summed E-state index contributed by atoms with van der Waals surface area (Å²) in [5.74, 6) is 0.816. The van der Waals surface area contributed by atoms with Gasteiger partial charge in [-0.2, -0.15) is 5.26 Å². The number of nitrogens with one attached hydrogen (secondary N) is 1. The molecular formula is C16H20N2O. The molecule has 1 N–H and O–H groups in total. The maximum atomic E-state index is 11.8. The first-order chi connectivity index (χ1) is 9.28. The molecule has 1 aliphatic carbocycles. The van der Waals surface area contributed by atoms with Gasteiger partial charge in [-0.15, -0.1) is 0 Å². The minimum absolute atomic E-state index is 0.0790. The number of anilines is 1. The molecule has 1 amide bonds. The van der Waals surface area contributed by atoms with Gasteiger partial charge in [-0.05, 0) is 36.6 Å². The van der Waals surface area contributed by atoms with Crippen molar-refractivity contribution in [2.45, 2.75) is 44.9 Å². The van der Waals surface area contributed by atoms with Crippen molar-refractivity contribution in [3.8, 4) is 6.07 Å². The summed E-state index contributed by atoms with van der Waals surface area (Å²) in [5, 5.41) is 11.6. The number of amides is 1. The molecule has 3 nitrogen and oxygen atoms in total. The van der Waals surface area contributed by atoms with E-state index in [-0.39, 0.29) is 5.91 Å². The van der Waals surface area contributed by atoms with Crippen LogP contribution in [0.2, 0.25) is 0 Å². The van der Waals surface area contributed by atoms with Crippen LogP contribution in [0.25, 0.3) is 0 Å². The maximum Gasteiger partial charge on any atom is 0.224 e. The topological polar surface area (TPSA) is 52.9 Å². The van der Waals surface area contributed by atoms with E-state index in [1.165, 1.54) is 32.1 Å². The second kappa shape index (κ2) is 6.94. The fourth-order valence-corrected chi connectivity index (χ4v) is 2.66. The van der Waals surface area contributed by atoms with Crippen molar-refractivity contribution in [2.24, 2.45) is 5.92 Å². The summed E-state index contributed by atoms with van der Waals surface area (Å²) in [4.78, 5) is 11.8. The fraction of sp³-hybridized carbons (Fsp3) is 0.500. The van der Waals surface area contributed by atoms with E-state index in [0.717, 1.165) is 18.0 Å². The van der Waals surface area contributed by atoms with Crippen LogP contribution in [0.4, 0.5) is 5.69 Å². The SMILES string of the molecule is N#Cc1ccc(NC(=O)CCC2CCCCC2)cc1. The molecule has 0 saturated heterocycles. The number of nitriles is 1. The van der Waals surface area contributed by atoms with Crippen LogP contribution >= 0.6 is 0 Å². The summed E-state index contributed by atoms with van der Waals surface area (Å²) >= 11 is 0. The molecule has 3 heteroatoms. The highest BCUT2D eigenvalue weighted by molar-refractivity contribution is 5.90. The van der Waals surface area contributed by atoms with Crippen LogP contribution in [-0.2, 0) is 4.79 Å². The summed E-state index contributed by atoms with van der Waals surface area (Å²) in [5.41, 5.74) is 1.38. The van der Waals surface area contributed by atoms with Crippen LogP contribution in [0.5, 0.6) is 0 Å². The molecule has 0 radical (unpaired) electrons. The van der Waals surface area contributed by atoms with Gasteiger partial charge in [-0.3, -0.25) is 4.79 Å². The predicted molar refractivity (Wildman–Crippen MR) is 75.6 cm³/mol. The van der Waals surface area contributed by atoms with E-state index in [1.807, 2.05) is 0 Å². The van der Waals surface area contributed by atoms with Crippen LogP contribution in [0.3, 0.4) is 0 Å². The van der Waals surface area contributed by atoms with Crippen LogP contribution in [0.1, 0.15) is 50.5 Å². The van der Waals surface area contributed by atoms with Crippen LogP contribution < -0.4 is 5.32 Å². The van der Waals surface area contributed by atoms with Gasteiger partial charge in [-0.1, -0.05) is 32.1 Å². The maximum absolute atomic E-state index is 11.8. The van der Waals surface area contributed by atoms with Gasteiger partial charge in [0.25, 0.3) is 0 Å². The molecule has 0 aromatic heterocycles. The Balaban J connectivity index is 1.75. The second-order valence-electron chi connectivity index (χ2n) is 5.28. The molecule has 2 rings (SSSR count). The Kier molecular flexibility index (Phi) is 4.97. The van der Waals surface area contributed by atoms with Gasteiger partial charge in [0, 0.05) is 12.1 Å². The molecule has 1 aliphatic rings. The Hall–Kier alpha value is -1.82. The largest absolute Gasteiger partial charge is 0.326 e. The first-order valence-corrected chi connectivity index (χ1v) is 7.08. The molecule has 0 heterocycles. The molecule has 0 aliphatic heterocycles. The number of rotatable bonds is 4. The Bertz CT molecular complexity index is 453. The van der Waals surface area contributed by atoms with Crippen molar-refractivity contribution < 1.29 is 4.79 Å². The molecule has 0 bridgehead atoms. The van der Waals surface area contributed by atoms with E-state index in [2.05, 4.69) is 11.4 Å². The molecule has 1 fully saturated rings. The summed E-state index contributed by atoms with van der Waals surface area (Å²) < 4.78 is 0. The fourth-order valence-electron chi connectivity index (χ4n) is 2.66. The highest BCUT2D eigenvalue weighted by Gasteiger charge is 2.14. The molecule has 1 aromatic rings. The molecule has 19 heavy (non-hydrogen) atoms. The van der Waals surface area contributed by atoms with E-state index < -0.39 is 0 Å². The average Bonchev–Trinajstić information content (AvgIpc) is 2.47. The predicted octanol–water partition coefficient (Wildman–Crippen LogP) is 3.86. The minimum atomic E-state index is 0.0790. The van der Waals surface area contributed by atoms with Gasteiger partial charge in [-0.25, -0.2) is 0 Å². The zero-order valence-corrected chi connectivity index (χ0v) is 11.2. The summed E-state index contributed by atoms with van der Waals surface area (Å²) in [6.45, 7) is 0. The molecule has 1 saturated carbocycles. The number of benzene rings is 1. The van der Waals surface area contributed by atoms with Crippen molar-refractivity contribution in [2.75, 3.05) is 5.32 Å². The van der Waals surface area contributed by atoms with E-state index in [9.17, 15) is 4.79 Å². The lowest BCUT2D eigenvalue weighted by Crippen LogP contribution is -2.14. The van der Waals surface area contributed by atoms with Crippen LogP contribution in [-0.4, -0.2) is 5.91 Å². The zero-order chi connectivity index (χ0) is 13.5. The highest BCUT2D eigenvalue weighted by Crippen LogP contribution is 2.27. The van der Waals surface area contributed by atoms with Gasteiger partial charge < -0.3 is 5.32 Å². The zero-order valence-electron chi connectivity index (χ0n) is 11.2. The van der Waals surface area contributed by atoms with E-state index in [4.69, 9.17) is 5.26 Å². The van der Waals surface area contributed by atoms with Crippen molar-refractivity contribution in [3.05, 3.63) is 29.8 Å². The average molecular weight is 256 g/mol. The summed E-state index contributed by atoms with van der Waals surface area (Å²) in [7, 11) is 0. The molecule has 0 unspecified atom stereocenters. The first kappa shape index (κ1) is 13.6. The number of nitrogens with zero attached hydrogens (tertiary/aromatic N) is 1. The Morgan fingerprint density at radius 1 is 1.21 bits per heavy atom. The summed E-state index contributed by atoms with van der Waals surface area (Å²) in [6, 6.07) is 9.05.